The third-order valence-electron chi connectivity index (χ3n) is 3.92. The molecular formula is C11H16N2O2S. The van der Waals surface area contributed by atoms with Crippen LogP contribution < -0.4 is 0 Å². The summed E-state index contributed by atoms with van der Waals surface area (Å²) in [6.45, 7) is 0.777. The van der Waals surface area contributed by atoms with Gasteiger partial charge in [-0.3, -0.25) is 0 Å². The lowest BCUT2D eigenvalue weighted by Gasteiger charge is -2.47. The largest absolute Gasteiger partial charge is 0.386 e. The van der Waals surface area contributed by atoms with Crippen LogP contribution in [0.25, 0.3) is 0 Å². The second-order valence-corrected chi connectivity index (χ2v) is 5.47. The zero-order valence-electron chi connectivity index (χ0n) is 9.13. The topological polar surface area (TPSA) is 55.2 Å². The summed E-state index contributed by atoms with van der Waals surface area (Å²) < 4.78 is 13.9. The lowest BCUT2D eigenvalue weighted by atomic mass is 9.70. The maximum Gasteiger partial charge on any atom is 0.103 e. The highest BCUT2D eigenvalue weighted by atomic mass is 32.1. The SMILES string of the molecule is OC(c1cnsn1)C1CCOC2(CCC2)C1. The van der Waals surface area contributed by atoms with Gasteiger partial charge in [-0.05, 0) is 38.0 Å². The standard InChI is InChI=1S/C11H16N2O2S/c14-10(9-7-12-16-13-9)8-2-5-15-11(6-8)3-1-4-11/h7-8,10,14H,1-6H2. The number of hydrogen-bond acceptors (Lipinski definition) is 5. The minimum atomic E-state index is -0.458. The Morgan fingerprint density at radius 2 is 2.44 bits per heavy atom. The van der Waals surface area contributed by atoms with Gasteiger partial charge in [0.05, 0.1) is 23.5 Å². The van der Waals surface area contributed by atoms with Crippen LogP contribution in [-0.4, -0.2) is 26.1 Å². The van der Waals surface area contributed by atoms with Gasteiger partial charge in [0.1, 0.15) is 11.8 Å². The van der Waals surface area contributed by atoms with Crippen molar-refractivity contribution in [1.29, 1.82) is 0 Å². The summed E-state index contributed by atoms with van der Waals surface area (Å²) in [6, 6.07) is 0. The van der Waals surface area contributed by atoms with Crippen LogP contribution in [0.3, 0.4) is 0 Å². The fourth-order valence-corrected chi connectivity index (χ4v) is 3.25. The third-order valence-corrected chi connectivity index (χ3v) is 4.42. The van der Waals surface area contributed by atoms with E-state index in [-0.39, 0.29) is 11.5 Å². The van der Waals surface area contributed by atoms with Gasteiger partial charge in [-0.15, -0.1) is 0 Å². The molecule has 2 unspecified atom stereocenters. The molecule has 1 aromatic heterocycles. The van der Waals surface area contributed by atoms with Crippen molar-refractivity contribution < 1.29 is 9.84 Å². The van der Waals surface area contributed by atoms with Crippen LogP contribution in [0.5, 0.6) is 0 Å². The molecule has 2 heterocycles. The molecule has 1 aliphatic carbocycles. The predicted molar refractivity (Wildman–Crippen MR) is 60.1 cm³/mol. The Morgan fingerprint density at radius 3 is 3.06 bits per heavy atom. The highest BCUT2D eigenvalue weighted by Gasteiger charge is 2.44. The van der Waals surface area contributed by atoms with Crippen molar-refractivity contribution in [3.63, 3.8) is 0 Å². The minimum Gasteiger partial charge on any atom is -0.386 e. The normalized spacial score (nSPS) is 29.9. The monoisotopic (exact) mass is 240 g/mol. The van der Waals surface area contributed by atoms with Gasteiger partial charge in [-0.1, -0.05) is 0 Å². The smallest absolute Gasteiger partial charge is 0.103 e. The molecule has 1 saturated carbocycles. The van der Waals surface area contributed by atoms with Crippen LogP contribution in [-0.2, 0) is 4.74 Å². The first-order valence-electron chi connectivity index (χ1n) is 5.89. The lowest BCUT2D eigenvalue weighted by Crippen LogP contribution is -2.46. The average molecular weight is 240 g/mol. The number of aliphatic hydroxyl groups is 1. The number of aliphatic hydroxyl groups excluding tert-OH is 1. The highest BCUT2D eigenvalue weighted by molar-refractivity contribution is 6.99. The van der Waals surface area contributed by atoms with Crippen LogP contribution in [0.4, 0.5) is 0 Å². The van der Waals surface area contributed by atoms with E-state index in [4.69, 9.17) is 4.74 Å². The van der Waals surface area contributed by atoms with Gasteiger partial charge in [-0.25, -0.2) is 0 Å². The van der Waals surface area contributed by atoms with E-state index in [2.05, 4.69) is 8.75 Å². The molecule has 1 spiro atoms. The van der Waals surface area contributed by atoms with Crippen LogP contribution in [0, 0.1) is 5.92 Å². The maximum atomic E-state index is 10.2. The second-order valence-electron chi connectivity index (χ2n) is 4.92. The Balaban J connectivity index is 1.70. The quantitative estimate of drug-likeness (QED) is 0.858. The predicted octanol–water partition coefficient (Wildman–Crippen LogP) is 1.92. The molecule has 1 aliphatic heterocycles. The van der Waals surface area contributed by atoms with E-state index in [9.17, 15) is 5.11 Å². The zero-order valence-corrected chi connectivity index (χ0v) is 9.95. The van der Waals surface area contributed by atoms with Gasteiger partial charge in [0.15, 0.2) is 0 Å². The van der Waals surface area contributed by atoms with Gasteiger partial charge >= 0.3 is 0 Å². The van der Waals surface area contributed by atoms with Gasteiger partial charge in [0.2, 0.25) is 0 Å². The first-order valence-corrected chi connectivity index (χ1v) is 6.62. The molecule has 1 saturated heterocycles. The molecule has 88 valence electrons. The molecular weight excluding hydrogens is 224 g/mol. The molecule has 16 heavy (non-hydrogen) atoms. The van der Waals surface area contributed by atoms with Gasteiger partial charge < -0.3 is 9.84 Å². The Bertz CT molecular complexity index is 351. The van der Waals surface area contributed by atoms with Crippen LogP contribution >= 0.6 is 11.7 Å². The van der Waals surface area contributed by atoms with Crippen LogP contribution in [0.1, 0.15) is 43.9 Å². The fraction of sp³-hybridized carbons (Fsp3) is 0.818. The van der Waals surface area contributed by atoms with Crippen molar-refractivity contribution in [2.45, 2.75) is 43.8 Å². The van der Waals surface area contributed by atoms with Crippen LogP contribution in [0.2, 0.25) is 0 Å². The Kier molecular flexibility index (Phi) is 2.69. The summed E-state index contributed by atoms with van der Waals surface area (Å²) in [4.78, 5) is 0. The van der Waals surface area contributed by atoms with Gasteiger partial charge in [-0.2, -0.15) is 8.75 Å². The van der Waals surface area contributed by atoms with Crippen LogP contribution in [0.15, 0.2) is 6.20 Å². The van der Waals surface area contributed by atoms with Gasteiger partial charge in [0, 0.05) is 6.61 Å². The third kappa shape index (κ3) is 1.77. The van der Waals surface area contributed by atoms with Crippen molar-refractivity contribution in [3.8, 4) is 0 Å². The van der Waals surface area contributed by atoms with Gasteiger partial charge in [0.25, 0.3) is 0 Å². The van der Waals surface area contributed by atoms with E-state index in [1.807, 2.05) is 0 Å². The summed E-state index contributed by atoms with van der Waals surface area (Å²) in [5, 5.41) is 10.2. The molecule has 1 aromatic rings. The number of aromatic nitrogens is 2. The zero-order chi connectivity index (χ0) is 11.0. The lowest BCUT2D eigenvalue weighted by molar-refractivity contribution is -0.157. The van der Waals surface area contributed by atoms with Crippen molar-refractivity contribution in [1.82, 2.24) is 8.75 Å². The number of hydrogen-bond donors (Lipinski definition) is 1. The average Bonchev–Trinajstić information content (AvgIpc) is 2.79. The molecule has 2 atom stereocenters. The molecule has 0 bridgehead atoms. The number of rotatable bonds is 2. The summed E-state index contributed by atoms with van der Waals surface area (Å²) in [6.07, 6.45) is 6.71. The summed E-state index contributed by atoms with van der Waals surface area (Å²) in [5.41, 5.74) is 0.819. The molecule has 0 radical (unpaired) electrons. The Morgan fingerprint density at radius 1 is 1.56 bits per heavy atom. The Hall–Kier alpha value is -0.520. The first kappa shape index (κ1) is 10.6. The molecule has 3 rings (SSSR count). The maximum absolute atomic E-state index is 10.2. The molecule has 4 nitrogen and oxygen atoms in total. The second kappa shape index (κ2) is 4.05. The molecule has 2 fully saturated rings. The molecule has 1 N–H and O–H groups in total. The summed E-state index contributed by atoms with van der Waals surface area (Å²) in [7, 11) is 0. The van der Waals surface area contributed by atoms with E-state index in [0.29, 0.717) is 0 Å². The minimum absolute atomic E-state index is 0.0906. The van der Waals surface area contributed by atoms with E-state index in [1.54, 1.807) is 6.20 Å². The molecule has 0 aromatic carbocycles. The van der Waals surface area contributed by atoms with E-state index in [1.165, 1.54) is 6.42 Å². The molecule has 0 amide bonds. The van der Waals surface area contributed by atoms with Crippen molar-refractivity contribution in [3.05, 3.63) is 11.9 Å². The molecule has 2 aliphatic rings. The fourth-order valence-electron chi connectivity index (χ4n) is 2.80. The highest BCUT2D eigenvalue weighted by Crippen LogP contribution is 2.46. The summed E-state index contributed by atoms with van der Waals surface area (Å²) >= 11 is 1.16. The van der Waals surface area contributed by atoms with E-state index < -0.39 is 6.10 Å². The first-order chi connectivity index (χ1) is 7.79. The number of nitrogens with zero attached hydrogens (tertiary/aromatic N) is 2. The van der Waals surface area contributed by atoms with Crippen molar-refractivity contribution in [2.24, 2.45) is 5.92 Å². The van der Waals surface area contributed by atoms with Crippen molar-refractivity contribution >= 4 is 11.7 Å². The molecule has 5 heteroatoms. The van der Waals surface area contributed by atoms with E-state index >= 15 is 0 Å². The van der Waals surface area contributed by atoms with Crippen molar-refractivity contribution in [2.75, 3.05) is 6.61 Å². The Labute approximate surface area is 99.0 Å². The number of ether oxygens (including phenoxy) is 1. The van der Waals surface area contributed by atoms with E-state index in [0.717, 1.165) is 49.7 Å². The summed E-state index contributed by atoms with van der Waals surface area (Å²) in [5.74, 6) is 0.290.